The van der Waals surface area contributed by atoms with Crippen LogP contribution >= 0.6 is 0 Å². The molecule has 5 nitrogen and oxygen atoms in total. The molecule has 0 spiro atoms. The average molecular weight is 326 g/mol. The zero-order chi connectivity index (χ0) is 16.4. The van der Waals surface area contributed by atoms with Gasteiger partial charge in [-0.15, -0.1) is 0 Å². The van der Waals surface area contributed by atoms with Crippen LogP contribution in [0, 0.1) is 6.92 Å². The Balaban J connectivity index is 2.24. The molecule has 0 aliphatic rings. The maximum Gasteiger partial charge on any atom is 0.266 e. The summed E-state index contributed by atoms with van der Waals surface area (Å²) in [6, 6.07) is 15.3. The highest BCUT2D eigenvalue weighted by molar-refractivity contribution is 7.91. The van der Waals surface area contributed by atoms with Gasteiger partial charge in [-0.3, -0.25) is 4.79 Å². The van der Waals surface area contributed by atoms with Gasteiger partial charge in [0.05, 0.1) is 16.8 Å². The molecule has 0 atom stereocenters. The van der Waals surface area contributed by atoms with Crippen molar-refractivity contribution in [3.8, 4) is 11.3 Å². The van der Waals surface area contributed by atoms with Gasteiger partial charge < -0.3 is 4.98 Å². The number of sulfone groups is 1. The Hall–Kier alpha value is -2.73. The number of aromatic nitrogens is 2. The second kappa shape index (κ2) is 5.81. The number of benzene rings is 2. The topological polar surface area (TPSA) is 79.9 Å². The highest BCUT2D eigenvalue weighted by Gasteiger charge is 2.24. The molecule has 116 valence electrons. The molecule has 1 N–H and O–H groups in total. The lowest BCUT2D eigenvalue weighted by Gasteiger charge is -2.09. The van der Waals surface area contributed by atoms with E-state index in [2.05, 4.69) is 9.97 Å². The molecule has 0 aliphatic heterocycles. The Morgan fingerprint density at radius 1 is 0.957 bits per heavy atom. The standard InChI is InChI=1S/C17H14N2O3S/c1-12-7-9-14(10-8-12)23(21,22)17-16(19-15(20)11-18-17)13-5-3-2-4-6-13/h2-11H,1H3,(H,19,20). The third kappa shape index (κ3) is 2.93. The number of H-pyrrole nitrogens is 1. The normalized spacial score (nSPS) is 11.3. The summed E-state index contributed by atoms with van der Waals surface area (Å²) in [6.07, 6.45) is 0.980. The monoisotopic (exact) mass is 326 g/mol. The fourth-order valence-corrected chi connectivity index (χ4v) is 3.57. The number of hydrogen-bond donors (Lipinski definition) is 1. The maximum absolute atomic E-state index is 12.9. The second-order valence-electron chi connectivity index (χ2n) is 5.11. The van der Waals surface area contributed by atoms with Gasteiger partial charge in [-0.05, 0) is 19.1 Å². The smallest absolute Gasteiger partial charge is 0.266 e. The summed E-state index contributed by atoms with van der Waals surface area (Å²) < 4.78 is 25.7. The predicted octanol–water partition coefficient (Wildman–Crippen LogP) is 2.58. The van der Waals surface area contributed by atoms with Gasteiger partial charge >= 0.3 is 0 Å². The van der Waals surface area contributed by atoms with Gasteiger partial charge in [0.25, 0.3) is 5.56 Å². The molecule has 0 unspecified atom stereocenters. The number of nitrogens with zero attached hydrogens (tertiary/aromatic N) is 1. The van der Waals surface area contributed by atoms with E-state index >= 15 is 0 Å². The number of rotatable bonds is 3. The van der Waals surface area contributed by atoms with E-state index in [-0.39, 0.29) is 15.6 Å². The van der Waals surface area contributed by atoms with Crippen molar-refractivity contribution in [2.45, 2.75) is 16.8 Å². The first-order valence-electron chi connectivity index (χ1n) is 6.95. The van der Waals surface area contributed by atoms with Crippen LogP contribution in [0.3, 0.4) is 0 Å². The van der Waals surface area contributed by atoms with Gasteiger partial charge in [-0.1, -0.05) is 48.0 Å². The van der Waals surface area contributed by atoms with Crippen molar-refractivity contribution in [2.24, 2.45) is 0 Å². The van der Waals surface area contributed by atoms with Crippen LogP contribution in [-0.4, -0.2) is 18.4 Å². The molecule has 1 aromatic heterocycles. The minimum absolute atomic E-state index is 0.139. The Bertz CT molecular complexity index is 992. The summed E-state index contributed by atoms with van der Waals surface area (Å²) in [4.78, 5) is 18.2. The molecule has 0 saturated heterocycles. The lowest BCUT2D eigenvalue weighted by Crippen LogP contribution is -2.14. The lowest BCUT2D eigenvalue weighted by atomic mass is 10.2. The highest BCUT2D eigenvalue weighted by atomic mass is 32.2. The fourth-order valence-electron chi connectivity index (χ4n) is 2.22. The maximum atomic E-state index is 12.9. The quantitative estimate of drug-likeness (QED) is 0.802. The molecule has 0 bridgehead atoms. The molecule has 6 heteroatoms. The van der Waals surface area contributed by atoms with Crippen LogP contribution in [0.15, 0.2) is 75.5 Å². The number of aryl methyl sites for hydroxylation is 1. The molecule has 0 saturated carbocycles. The lowest BCUT2D eigenvalue weighted by molar-refractivity contribution is 0.592. The van der Waals surface area contributed by atoms with Crippen molar-refractivity contribution in [3.05, 3.63) is 76.7 Å². The van der Waals surface area contributed by atoms with E-state index in [1.807, 2.05) is 13.0 Å². The molecule has 23 heavy (non-hydrogen) atoms. The van der Waals surface area contributed by atoms with Crippen LogP contribution in [0.1, 0.15) is 5.56 Å². The second-order valence-corrected chi connectivity index (χ2v) is 6.98. The zero-order valence-corrected chi connectivity index (χ0v) is 13.2. The molecule has 3 rings (SSSR count). The van der Waals surface area contributed by atoms with Crippen molar-refractivity contribution < 1.29 is 8.42 Å². The largest absolute Gasteiger partial charge is 0.318 e. The molecular formula is C17H14N2O3S. The Morgan fingerprint density at radius 2 is 1.61 bits per heavy atom. The van der Waals surface area contributed by atoms with E-state index in [1.54, 1.807) is 36.4 Å². The van der Waals surface area contributed by atoms with Crippen LogP contribution < -0.4 is 5.56 Å². The van der Waals surface area contributed by atoms with Crippen molar-refractivity contribution in [1.29, 1.82) is 0 Å². The number of nitrogens with one attached hydrogen (secondary N) is 1. The van der Waals surface area contributed by atoms with Crippen LogP contribution in [0.5, 0.6) is 0 Å². The first-order valence-corrected chi connectivity index (χ1v) is 8.43. The summed E-state index contributed by atoms with van der Waals surface area (Å²) in [5.74, 6) is 0. The molecule has 1 heterocycles. The van der Waals surface area contributed by atoms with Crippen molar-refractivity contribution in [1.82, 2.24) is 9.97 Å². The van der Waals surface area contributed by atoms with Crippen LogP contribution in [-0.2, 0) is 9.84 Å². The summed E-state index contributed by atoms with van der Waals surface area (Å²) >= 11 is 0. The molecule has 0 aliphatic carbocycles. The third-order valence-electron chi connectivity index (χ3n) is 3.41. The first kappa shape index (κ1) is 15.2. The zero-order valence-electron chi connectivity index (χ0n) is 12.4. The number of hydrogen-bond acceptors (Lipinski definition) is 4. The minimum Gasteiger partial charge on any atom is -0.318 e. The molecule has 2 aromatic carbocycles. The van der Waals surface area contributed by atoms with Crippen LogP contribution in [0.2, 0.25) is 0 Å². The van der Waals surface area contributed by atoms with Crippen LogP contribution in [0.25, 0.3) is 11.3 Å². The van der Waals surface area contributed by atoms with Gasteiger partial charge in [-0.25, -0.2) is 13.4 Å². The van der Waals surface area contributed by atoms with E-state index in [4.69, 9.17) is 0 Å². The summed E-state index contributed by atoms with van der Waals surface area (Å²) in [5, 5.41) is -0.160. The summed E-state index contributed by atoms with van der Waals surface area (Å²) in [5.41, 5.74) is 1.29. The van der Waals surface area contributed by atoms with E-state index in [0.29, 0.717) is 5.56 Å². The fraction of sp³-hybridized carbons (Fsp3) is 0.0588. The van der Waals surface area contributed by atoms with Crippen molar-refractivity contribution in [2.75, 3.05) is 0 Å². The SMILES string of the molecule is Cc1ccc(S(=O)(=O)c2ncc(=O)[nH]c2-c2ccccc2)cc1. The van der Waals surface area contributed by atoms with Gasteiger partial charge in [0.15, 0.2) is 5.03 Å². The van der Waals surface area contributed by atoms with E-state index in [9.17, 15) is 13.2 Å². The molecule has 0 amide bonds. The van der Waals surface area contributed by atoms with Gasteiger partial charge in [0.2, 0.25) is 9.84 Å². The molecule has 0 radical (unpaired) electrons. The Morgan fingerprint density at radius 3 is 2.26 bits per heavy atom. The van der Waals surface area contributed by atoms with Crippen LogP contribution in [0.4, 0.5) is 0 Å². The van der Waals surface area contributed by atoms with E-state index in [0.717, 1.165) is 11.8 Å². The Kier molecular flexibility index (Phi) is 3.83. The minimum atomic E-state index is -3.83. The van der Waals surface area contributed by atoms with E-state index in [1.165, 1.54) is 12.1 Å². The first-order chi connectivity index (χ1) is 11.0. The summed E-state index contributed by atoms with van der Waals surface area (Å²) in [6.45, 7) is 1.88. The predicted molar refractivity (Wildman–Crippen MR) is 86.9 cm³/mol. The van der Waals surface area contributed by atoms with Gasteiger partial charge in [0.1, 0.15) is 0 Å². The highest BCUT2D eigenvalue weighted by Crippen LogP contribution is 2.27. The Labute approximate surface area is 133 Å². The van der Waals surface area contributed by atoms with Gasteiger partial charge in [0, 0.05) is 5.56 Å². The molecule has 3 aromatic rings. The van der Waals surface area contributed by atoms with Crippen molar-refractivity contribution in [3.63, 3.8) is 0 Å². The molecule has 0 fully saturated rings. The molecular weight excluding hydrogens is 312 g/mol. The number of aromatic amines is 1. The average Bonchev–Trinajstić information content (AvgIpc) is 2.56. The third-order valence-corrected chi connectivity index (χ3v) is 5.12. The summed E-state index contributed by atoms with van der Waals surface area (Å²) in [7, 11) is -3.83. The van der Waals surface area contributed by atoms with Gasteiger partial charge in [-0.2, -0.15) is 0 Å². The van der Waals surface area contributed by atoms with Crippen molar-refractivity contribution >= 4 is 9.84 Å². The van der Waals surface area contributed by atoms with E-state index < -0.39 is 15.4 Å².